The highest BCUT2D eigenvalue weighted by Crippen LogP contribution is 2.31. The first-order chi connectivity index (χ1) is 21.9. The van der Waals surface area contributed by atoms with E-state index in [1.54, 1.807) is 44.6 Å². The van der Waals surface area contributed by atoms with Crippen LogP contribution in [0.1, 0.15) is 49.3 Å². The van der Waals surface area contributed by atoms with Gasteiger partial charge in [-0.2, -0.15) is 4.80 Å². The largest absolute Gasteiger partial charge is 0.497 e. The van der Waals surface area contributed by atoms with Gasteiger partial charge in [-0.15, -0.1) is 10.2 Å². The van der Waals surface area contributed by atoms with E-state index in [-0.39, 0.29) is 30.9 Å². The quantitative estimate of drug-likeness (QED) is 0.243. The number of nitrogens with one attached hydrogen (secondary N) is 1. The summed E-state index contributed by atoms with van der Waals surface area (Å²) in [5.41, 5.74) is 1.89. The predicted octanol–water partition coefficient (Wildman–Crippen LogP) is 4.72. The van der Waals surface area contributed by atoms with E-state index in [9.17, 15) is 14.0 Å². The molecule has 0 unspecified atom stereocenters. The van der Waals surface area contributed by atoms with Crippen molar-refractivity contribution < 1.29 is 28.2 Å². The third kappa shape index (κ3) is 7.75. The van der Waals surface area contributed by atoms with E-state index in [0.717, 1.165) is 37.7 Å². The average molecular weight is 617 g/mol. The first kappa shape index (κ1) is 31.4. The normalized spacial score (nSPS) is 14.0. The van der Waals surface area contributed by atoms with Crippen LogP contribution < -0.4 is 19.5 Å². The predicted molar refractivity (Wildman–Crippen MR) is 164 cm³/mol. The summed E-state index contributed by atoms with van der Waals surface area (Å²) in [6.07, 6.45) is 4.93. The summed E-state index contributed by atoms with van der Waals surface area (Å²) in [6, 6.07) is 17.1. The average Bonchev–Trinajstić information content (AvgIpc) is 3.54. The van der Waals surface area contributed by atoms with Crippen molar-refractivity contribution in [2.45, 2.75) is 57.3 Å². The maximum absolute atomic E-state index is 14.1. The van der Waals surface area contributed by atoms with Crippen molar-refractivity contribution in [2.24, 2.45) is 0 Å². The van der Waals surface area contributed by atoms with Gasteiger partial charge >= 0.3 is 0 Å². The van der Waals surface area contributed by atoms with Crippen LogP contribution in [0.4, 0.5) is 4.39 Å². The van der Waals surface area contributed by atoms with Gasteiger partial charge in [0, 0.05) is 18.2 Å². The number of methoxy groups -OCH3 is 3. The van der Waals surface area contributed by atoms with E-state index in [1.165, 1.54) is 41.1 Å². The molecule has 11 nitrogen and oxygen atoms in total. The zero-order valence-electron chi connectivity index (χ0n) is 25.6. The van der Waals surface area contributed by atoms with Gasteiger partial charge in [-0.25, -0.2) is 4.39 Å². The molecule has 45 heavy (non-hydrogen) atoms. The Balaban J connectivity index is 1.46. The van der Waals surface area contributed by atoms with Gasteiger partial charge in [-0.05, 0) is 71.6 Å². The molecule has 236 valence electrons. The van der Waals surface area contributed by atoms with E-state index in [4.69, 9.17) is 14.2 Å². The second-order valence-electron chi connectivity index (χ2n) is 10.9. The van der Waals surface area contributed by atoms with Gasteiger partial charge in [0.25, 0.3) is 0 Å². The molecule has 0 saturated heterocycles. The minimum atomic E-state index is -1.03. The molecular weight excluding hydrogens is 579 g/mol. The summed E-state index contributed by atoms with van der Waals surface area (Å²) in [5, 5.41) is 15.8. The number of halogens is 1. The molecule has 1 aromatic heterocycles. The van der Waals surface area contributed by atoms with E-state index in [2.05, 4.69) is 20.7 Å². The molecule has 0 bridgehead atoms. The van der Waals surface area contributed by atoms with Gasteiger partial charge in [0.15, 0.2) is 11.5 Å². The molecule has 1 aliphatic carbocycles. The fourth-order valence-electron chi connectivity index (χ4n) is 5.51. The lowest BCUT2D eigenvalue weighted by atomic mass is 9.94. The fraction of sp³-hybridized carbons (Fsp3) is 0.364. The van der Waals surface area contributed by atoms with Crippen LogP contribution in [0.3, 0.4) is 0 Å². The van der Waals surface area contributed by atoms with Crippen molar-refractivity contribution in [2.75, 3.05) is 21.3 Å². The Hall–Kier alpha value is -5.00. The Kier molecular flexibility index (Phi) is 10.2. The summed E-state index contributed by atoms with van der Waals surface area (Å²) < 4.78 is 30.0. The molecule has 1 atom stereocenters. The molecule has 0 spiro atoms. The second kappa shape index (κ2) is 14.7. The van der Waals surface area contributed by atoms with Gasteiger partial charge in [0.1, 0.15) is 24.2 Å². The van der Waals surface area contributed by atoms with Crippen LogP contribution >= 0.6 is 0 Å². The van der Waals surface area contributed by atoms with Gasteiger partial charge in [0.05, 0.1) is 21.3 Å². The molecule has 0 aliphatic heterocycles. The molecule has 1 heterocycles. The second-order valence-corrected chi connectivity index (χ2v) is 10.9. The highest BCUT2D eigenvalue weighted by Gasteiger charge is 2.33. The Morgan fingerprint density at radius 3 is 2.31 bits per heavy atom. The van der Waals surface area contributed by atoms with E-state index in [0.29, 0.717) is 28.4 Å². The number of ether oxygens (including phenoxy) is 3. The third-order valence-corrected chi connectivity index (χ3v) is 7.90. The van der Waals surface area contributed by atoms with Crippen molar-refractivity contribution in [3.05, 3.63) is 83.7 Å². The number of rotatable bonds is 12. The number of hydrogen-bond acceptors (Lipinski definition) is 8. The number of tetrazole rings is 1. The summed E-state index contributed by atoms with van der Waals surface area (Å²) in [6.45, 7) is -0.189. The fourth-order valence-corrected chi connectivity index (χ4v) is 5.51. The van der Waals surface area contributed by atoms with Gasteiger partial charge in [0.2, 0.25) is 17.6 Å². The lowest BCUT2D eigenvalue weighted by Crippen LogP contribution is -2.47. The Morgan fingerprint density at radius 1 is 0.933 bits per heavy atom. The number of carbonyl (C=O) groups is 2. The Labute approximate surface area is 261 Å². The smallest absolute Gasteiger partial charge is 0.247 e. The molecule has 12 heteroatoms. The number of amides is 2. The standard InChI is InChI=1S/C33H37FN6O5/c1-43-27-16-9-22(10-17-27)20-39(31(23-11-14-25(34)15-12-23)33(42)35-26-7-5-4-6-8-26)30(41)21-40-37-32(36-38-40)24-13-18-28(44-2)29(19-24)45-3/h9-19,26,31H,4-8,20-21H2,1-3H3,(H,35,42)/t31-/m1/s1. The Bertz CT molecular complexity index is 1590. The van der Waals surface area contributed by atoms with E-state index in [1.807, 2.05) is 12.1 Å². The lowest BCUT2D eigenvalue weighted by Gasteiger charge is -2.33. The SMILES string of the molecule is COc1ccc(CN(C(=O)Cn2nnc(-c3ccc(OC)c(OC)c3)n2)[C@@H](C(=O)NC2CCCCC2)c2ccc(F)cc2)cc1. The molecule has 5 rings (SSSR count). The maximum atomic E-state index is 14.1. The van der Waals surface area contributed by atoms with Crippen molar-refractivity contribution in [3.63, 3.8) is 0 Å². The molecular formula is C33H37FN6O5. The first-order valence-electron chi connectivity index (χ1n) is 14.9. The maximum Gasteiger partial charge on any atom is 0.247 e. The number of benzene rings is 3. The molecule has 0 radical (unpaired) electrons. The van der Waals surface area contributed by atoms with Gasteiger partial charge in [-0.1, -0.05) is 43.5 Å². The Morgan fingerprint density at radius 2 is 1.64 bits per heavy atom. The summed E-state index contributed by atoms with van der Waals surface area (Å²) in [5.74, 6) is 0.818. The number of hydrogen-bond donors (Lipinski definition) is 1. The van der Waals surface area contributed by atoms with Gasteiger partial charge < -0.3 is 24.4 Å². The molecule has 1 aliphatic rings. The van der Waals surface area contributed by atoms with E-state index >= 15 is 0 Å². The highest BCUT2D eigenvalue weighted by atomic mass is 19.1. The molecule has 1 fully saturated rings. The topological polar surface area (TPSA) is 121 Å². The summed E-state index contributed by atoms with van der Waals surface area (Å²) in [7, 11) is 4.65. The molecule has 1 N–H and O–H groups in total. The minimum absolute atomic E-state index is 0.00756. The van der Waals surface area contributed by atoms with Crippen LogP contribution in [0.2, 0.25) is 0 Å². The van der Waals surface area contributed by atoms with Crippen LogP contribution in [0.25, 0.3) is 11.4 Å². The molecule has 3 aromatic carbocycles. The highest BCUT2D eigenvalue weighted by molar-refractivity contribution is 5.89. The van der Waals surface area contributed by atoms with Crippen LogP contribution in [-0.2, 0) is 22.7 Å². The summed E-state index contributed by atoms with van der Waals surface area (Å²) in [4.78, 5) is 30.8. The van der Waals surface area contributed by atoms with Gasteiger partial charge in [-0.3, -0.25) is 9.59 Å². The number of aromatic nitrogens is 4. The molecule has 4 aromatic rings. The van der Waals surface area contributed by atoms with Crippen LogP contribution in [0, 0.1) is 5.82 Å². The molecule has 2 amide bonds. The van der Waals surface area contributed by atoms with Crippen LogP contribution in [-0.4, -0.2) is 64.3 Å². The van der Waals surface area contributed by atoms with Crippen molar-refractivity contribution in [3.8, 4) is 28.6 Å². The van der Waals surface area contributed by atoms with Crippen LogP contribution in [0.15, 0.2) is 66.7 Å². The van der Waals surface area contributed by atoms with Crippen molar-refractivity contribution >= 4 is 11.8 Å². The van der Waals surface area contributed by atoms with Crippen LogP contribution in [0.5, 0.6) is 17.2 Å². The monoisotopic (exact) mass is 616 g/mol. The summed E-state index contributed by atoms with van der Waals surface area (Å²) >= 11 is 0. The van der Waals surface area contributed by atoms with Crippen molar-refractivity contribution in [1.29, 1.82) is 0 Å². The minimum Gasteiger partial charge on any atom is -0.497 e. The van der Waals surface area contributed by atoms with E-state index < -0.39 is 17.8 Å². The molecule has 1 saturated carbocycles. The zero-order chi connectivity index (χ0) is 31.8. The first-order valence-corrected chi connectivity index (χ1v) is 14.9. The van der Waals surface area contributed by atoms with Crippen molar-refractivity contribution in [1.82, 2.24) is 30.4 Å². The lowest BCUT2D eigenvalue weighted by molar-refractivity contribution is -0.142. The zero-order valence-corrected chi connectivity index (χ0v) is 25.6. The number of nitrogens with zero attached hydrogens (tertiary/aromatic N) is 5. The number of carbonyl (C=O) groups excluding carboxylic acids is 2. The third-order valence-electron chi connectivity index (χ3n) is 7.90.